The summed E-state index contributed by atoms with van der Waals surface area (Å²) in [6.45, 7) is 0. The third-order valence-corrected chi connectivity index (χ3v) is 6.46. The van der Waals surface area contributed by atoms with Crippen LogP contribution in [0.3, 0.4) is 0 Å². The van der Waals surface area contributed by atoms with E-state index in [0.29, 0.717) is 15.9 Å². The molecule has 3 rings (SSSR count). The predicted octanol–water partition coefficient (Wildman–Crippen LogP) is 2.01. The second-order valence-electron chi connectivity index (χ2n) is 4.67. The van der Waals surface area contributed by atoms with E-state index in [4.69, 9.17) is 0 Å². The highest BCUT2D eigenvalue weighted by Gasteiger charge is 2.31. The van der Waals surface area contributed by atoms with Gasteiger partial charge in [0.2, 0.25) is 0 Å². The molecule has 1 N–H and O–H groups in total. The summed E-state index contributed by atoms with van der Waals surface area (Å²) in [5, 5.41) is 1.63. The van der Waals surface area contributed by atoms with Crippen LogP contribution in [0.15, 0.2) is 83.9 Å². The zero-order valence-corrected chi connectivity index (χ0v) is 12.2. The molecule has 0 bridgehead atoms. The highest BCUT2D eigenvalue weighted by atomic mass is 31.2. The lowest BCUT2D eigenvalue weighted by Crippen LogP contribution is -2.34. The van der Waals surface area contributed by atoms with Crippen molar-refractivity contribution in [2.75, 3.05) is 0 Å². The second-order valence-corrected chi connectivity index (χ2v) is 7.41. The van der Waals surface area contributed by atoms with Crippen molar-refractivity contribution >= 4 is 23.1 Å². The van der Waals surface area contributed by atoms with Crippen molar-refractivity contribution in [3.8, 4) is 0 Å². The Labute approximate surface area is 122 Å². The fourth-order valence-corrected chi connectivity index (χ4v) is 5.04. The molecular weight excluding hydrogens is 281 g/mol. The van der Waals surface area contributed by atoms with Gasteiger partial charge in [-0.05, 0) is 0 Å². The first-order valence-corrected chi connectivity index (χ1v) is 8.32. The van der Waals surface area contributed by atoms with Gasteiger partial charge in [0.25, 0.3) is 0 Å². The molecule has 0 unspecified atom stereocenters. The topological polar surface area (TPSA) is 49.9 Å². The van der Waals surface area contributed by atoms with Gasteiger partial charge in [-0.2, -0.15) is 0 Å². The van der Waals surface area contributed by atoms with Gasteiger partial charge < -0.3 is 9.55 Å². The van der Waals surface area contributed by atoms with E-state index in [1.54, 1.807) is 36.7 Å². The third-order valence-electron chi connectivity index (χ3n) is 3.38. The maximum atomic E-state index is 13.8. The van der Waals surface area contributed by atoms with Gasteiger partial charge in [0, 0.05) is 29.1 Å². The molecule has 4 heteroatoms. The van der Waals surface area contributed by atoms with Crippen molar-refractivity contribution in [2.24, 2.45) is 0 Å². The summed E-state index contributed by atoms with van der Waals surface area (Å²) in [6.07, 6.45) is 3.09. The molecule has 3 nitrogen and oxygen atoms in total. The molecule has 0 aliphatic rings. The maximum absolute atomic E-state index is 13.8. The molecule has 0 saturated carbocycles. The smallest absolute Gasteiger partial charge is 0.192 e. The van der Waals surface area contributed by atoms with E-state index in [9.17, 15) is 9.36 Å². The standard InChI is InChI=1S/C17H14NO2P/c19-16-11-12-18-13-17(16)21(20,14-7-3-1-4-8-14)15-9-5-2-6-10-15/h1-13H,(H,18,19). The molecule has 2 aromatic carbocycles. The summed E-state index contributed by atoms with van der Waals surface area (Å²) >= 11 is 0. The van der Waals surface area contributed by atoms with Crippen LogP contribution in [0.25, 0.3) is 0 Å². The summed E-state index contributed by atoms with van der Waals surface area (Å²) in [5.41, 5.74) is -0.218. The minimum atomic E-state index is -3.16. The van der Waals surface area contributed by atoms with Crippen LogP contribution < -0.4 is 21.3 Å². The molecule has 0 aliphatic heterocycles. The summed E-state index contributed by atoms with van der Waals surface area (Å²) in [4.78, 5) is 15.1. The lowest BCUT2D eigenvalue weighted by atomic mass is 10.4. The normalized spacial score (nSPS) is 11.2. The van der Waals surface area contributed by atoms with Crippen molar-refractivity contribution in [1.29, 1.82) is 0 Å². The second kappa shape index (κ2) is 5.55. The number of aromatic amines is 1. The first kappa shape index (κ1) is 13.6. The Morgan fingerprint density at radius 1 is 0.762 bits per heavy atom. The predicted molar refractivity (Wildman–Crippen MR) is 86.5 cm³/mol. The molecule has 21 heavy (non-hydrogen) atoms. The fraction of sp³-hybridized carbons (Fsp3) is 0. The average molecular weight is 295 g/mol. The highest BCUT2D eigenvalue weighted by Crippen LogP contribution is 2.40. The van der Waals surface area contributed by atoms with Crippen molar-refractivity contribution in [3.05, 3.63) is 89.3 Å². The number of hydrogen-bond donors (Lipinski definition) is 1. The molecule has 1 heterocycles. The zero-order chi connectivity index (χ0) is 14.7. The molecule has 0 fully saturated rings. The van der Waals surface area contributed by atoms with Gasteiger partial charge >= 0.3 is 0 Å². The summed E-state index contributed by atoms with van der Waals surface area (Å²) < 4.78 is 13.8. The van der Waals surface area contributed by atoms with E-state index in [2.05, 4.69) is 4.98 Å². The van der Waals surface area contributed by atoms with Crippen LogP contribution in [0.1, 0.15) is 0 Å². The Bertz CT molecular complexity index is 798. The molecule has 1 aromatic heterocycles. The molecule has 0 saturated heterocycles. The minimum Gasteiger partial charge on any atom is -0.367 e. The average Bonchev–Trinajstić information content (AvgIpc) is 2.56. The van der Waals surface area contributed by atoms with E-state index in [1.807, 2.05) is 36.4 Å². The van der Waals surface area contributed by atoms with Crippen LogP contribution in [0, 0.1) is 0 Å². The molecule has 0 spiro atoms. The Morgan fingerprint density at radius 3 is 1.76 bits per heavy atom. The van der Waals surface area contributed by atoms with Gasteiger partial charge in [-0.3, -0.25) is 4.79 Å². The molecule has 0 atom stereocenters. The molecule has 0 amide bonds. The molecule has 0 aliphatic carbocycles. The Morgan fingerprint density at radius 2 is 1.29 bits per heavy atom. The van der Waals surface area contributed by atoms with Gasteiger partial charge in [0.15, 0.2) is 12.6 Å². The van der Waals surface area contributed by atoms with E-state index >= 15 is 0 Å². The van der Waals surface area contributed by atoms with E-state index < -0.39 is 7.14 Å². The summed E-state index contributed by atoms with van der Waals surface area (Å²) in [6, 6.07) is 19.7. The molecule has 3 aromatic rings. The quantitative estimate of drug-likeness (QED) is 0.752. The largest absolute Gasteiger partial charge is 0.367 e. The van der Waals surface area contributed by atoms with Crippen LogP contribution >= 0.6 is 7.14 Å². The fourth-order valence-electron chi connectivity index (χ4n) is 2.36. The van der Waals surface area contributed by atoms with E-state index in [0.717, 1.165) is 0 Å². The van der Waals surface area contributed by atoms with E-state index in [1.165, 1.54) is 6.07 Å². The monoisotopic (exact) mass is 295 g/mol. The Hall–Kier alpha value is -2.38. The first-order chi connectivity index (χ1) is 10.2. The highest BCUT2D eigenvalue weighted by molar-refractivity contribution is 7.85. The van der Waals surface area contributed by atoms with Crippen molar-refractivity contribution in [1.82, 2.24) is 4.98 Å². The van der Waals surface area contributed by atoms with Crippen LogP contribution in [-0.2, 0) is 4.57 Å². The van der Waals surface area contributed by atoms with Crippen molar-refractivity contribution < 1.29 is 4.57 Å². The Balaban J connectivity index is 2.35. The van der Waals surface area contributed by atoms with Crippen LogP contribution in [0.4, 0.5) is 0 Å². The zero-order valence-electron chi connectivity index (χ0n) is 11.3. The Kier molecular flexibility index (Phi) is 3.59. The lowest BCUT2D eigenvalue weighted by molar-refractivity contribution is 0.592. The number of nitrogens with one attached hydrogen (secondary N) is 1. The van der Waals surface area contributed by atoms with Crippen LogP contribution in [0.2, 0.25) is 0 Å². The molecular formula is C17H14NO2P. The third kappa shape index (κ3) is 2.37. The van der Waals surface area contributed by atoms with E-state index in [-0.39, 0.29) is 5.43 Å². The number of benzene rings is 2. The first-order valence-electron chi connectivity index (χ1n) is 6.62. The lowest BCUT2D eigenvalue weighted by Gasteiger charge is -2.18. The minimum absolute atomic E-state index is 0.218. The number of H-pyrrole nitrogens is 1. The SMILES string of the molecule is O=c1cc[nH]cc1P(=O)(c1ccccc1)c1ccccc1. The number of aromatic nitrogens is 1. The van der Waals surface area contributed by atoms with Crippen LogP contribution in [0.5, 0.6) is 0 Å². The number of hydrogen-bond acceptors (Lipinski definition) is 2. The number of rotatable bonds is 3. The number of pyridine rings is 1. The van der Waals surface area contributed by atoms with Gasteiger partial charge in [0.05, 0.1) is 5.30 Å². The van der Waals surface area contributed by atoms with Crippen molar-refractivity contribution in [3.63, 3.8) is 0 Å². The van der Waals surface area contributed by atoms with Crippen molar-refractivity contribution in [2.45, 2.75) is 0 Å². The van der Waals surface area contributed by atoms with Gasteiger partial charge in [-0.25, -0.2) is 0 Å². The van der Waals surface area contributed by atoms with Gasteiger partial charge in [0.1, 0.15) is 0 Å². The van der Waals surface area contributed by atoms with Gasteiger partial charge in [-0.1, -0.05) is 60.7 Å². The molecule has 0 radical (unpaired) electrons. The molecule has 104 valence electrons. The summed E-state index contributed by atoms with van der Waals surface area (Å²) in [5.74, 6) is 0. The summed E-state index contributed by atoms with van der Waals surface area (Å²) in [7, 11) is -3.16. The van der Waals surface area contributed by atoms with Crippen LogP contribution in [-0.4, -0.2) is 4.98 Å². The van der Waals surface area contributed by atoms with Gasteiger partial charge in [-0.15, -0.1) is 0 Å². The maximum Gasteiger partial charge on any atom is 0.192 e.